The van der Waals surface area contributed by atoms with E-state index in [9.17, 15) is 29.0 Å². The number of carboxylic acids is 1. The number of nitrogens with one attached hydrogen (secondary N) is 1. The minimum absolute atomic E-state index is 0.0197. The van der Waals surface area contributed by atoms with Crippen molar-refractivity contribution < 1.29 is 33.7 Å². The molecule has 11 heteroatoms. The van der Waals surface area contributed by atoms with Crippen molar-refractivity contribution in [3.63, 3.8) is 0 Å². The van der Waals surface area contributed by atoms with E-state index in [1.807, 2.05) is 6.92 Å². The topological polar surface area (TPSA) is 144 Å². The van der Waals surface area contributed by atoms with Gasteiger partial charge in [0.05, 0.1) is 11.8 Å². The number of carbonyl (C=O) groups is 3. The van der Waals surface area contributed by atoms with Gasteiger partial charge >= 0.3 is 5.97 Å². The van der Waals surface area contributed by atoms with E-state index in [0.717, 1.165) is 6.42 Å². The number of amides is 1. The van der Waals surface area contributed by atoms with Gasteiger partial charge in [0, 0.05) is 24.1 Å². The Morgan fingerprint density at radius 1 is 0.935 bits per heavy atom. The number of aliphatic carboxylic acids is 1. The summed E-state index contributed by atoms with van der Waals surface area (Å²) in [4.78, 5) is 37.3. The highest BCUT2D eigenvalue weighted by Gasteiger charge is 2.23. The zero-order valence-corrected chi connectivity index (χ0v) is 24.9. The van der Waals surface area contributed by atoms with Crippen LogP contribution in [0, 0.1) is 5.82 Å². The Kier molecular flexibility index (Phi) is 9.81. The molecule has 5 rings (SSSR count). The summed E-state index contributed by atoms with van der Waals surface area (Å²) in [5.41, 5.74) is 3.26. The van der Waals surface area contributed by atoms with Gasteiger partial charge in [-0.1, -0.05) is 42.5 Å². The molecule has 0 saturated heterocycles. The lowest BCUT2D eigenvalue weighted by atomic mass is 9.98. The van der Waals surface area contributed by atoms with Crippen molar-refractivity contribution in [3.8, 4) is 22.6 Å². The second-order valence-corrected chi connectivity index (χ2v) is 10.6. The van der Waals surface area contributed by atoms with Crippen LogP contribution in [0.5, 0.6) is 11.5 Å². The fraction of sp³-hybridized carbons (Fsp3) is 0.171. The average Bonchev–Trinajstić information content (AvgIpc) is 3.54. The van der Waals surface area contributed by atoms with Gasteiger partial charge in [0.15, 0.2) is 11.8 Å². The van der Waals surface area contributed by atoms with Gasteiger partial charge in [-0.15, -0.1) is 5.10 Å². The summed E-state index contributed by atoms with van der Waals surface area (Å²) in [6.45, 7) is 2.36. The summed E-state index contributed by atoms with van der Waals surface area (Å²) < 4.78 is 21.4. The maximum absolute atomic E-state index is 14.4. The van der Waals surface area contributed by atoms with Crippen LogP contribution in [0.15, 0.2) is 97.2 Å². The van der Waals surface area contributed by atoms with Gasteiger partial charge in [-0.3, -0.25) is 9.59 Å². The van der Waals surface area contributed by atoms with Crippen molar-refractivity contribution in [1.82, 2.24) is 20.3 Å². The first kappa shape index (κ1) is 31.6. The highest BCUT2D eigenvalue weighted by atomic mass is 19.1. The van der Waals surface area contributed by atoms with Crippen LogP contribution in [0.1, 0.15) is 56.9 Å². The summed E-state index contributed by atoms with van der Waals surface area (Å²) >= 11 is 0. The van der Waals surface area contributed by atoms with Gasteiger partial charge in [0.1, 0.15) is 29.6 Å². The second-order valence-electron chi connectivity index (χ2n) is 10.6. The predicted molar refractivity (Wildman–Crippen MR) is 167 cm³/mol. The van der Waals surface area contributed by atoms with Gasteiger partial charge in [-0.2, -0.15) is 0 Å². The Bertz CT molecular complexity index is 1850. The van der Waals surface area contributed by atoms with E-state index < -0.39 is 23.7 Å². The lowest BCUT2D eigenvalue weighted by Crippen LogP contribution is -2.25. The molecule has 3 N–H and O–H groups in total. The summed E-state index contributed by atoms with van der Waals surface area (Å²) in [6, 6.07) is 22.9. The molecule has 0 radical (unpaired) electrons. The van der Waals surface area contributed by atoms with Crippen LogP contribution in [0.2, 0.25) is 0 Å². The number of rotatable bonds is 13. The highest BCUT2D eigenvalue weighted by Crippen LogP contribution is 2.25. The molecule has 1 aromatic heterocycles. The van der Waals surface area contributed by atoms with Crippen LogP contribution in [0.25, 0.3) is 11.1 Å². The fourth-order valence-corrected chi connectivity index (χ4v) is 4.78. The van der Waals surface area contributed by atoms with E-state index in [0.29, 0.717) is 45.8 Å². The van der Waals surface area contributed by atoms with Gasteiger partial charge in [-0.25, -0.2) is 13.9 Å². The summed E-state index contributed by atoms with van der Waals surface area (Å²) in [6.07, 6.45) is 2.32. The molecule has 0 aliphatic heterocycles. The van der Waals surface area contributed by atoms with Gasteiger partial charge < -0.3 is 20.3 Å². The third-order valence-electron chi connectivity index (χ3n) is 7.23. The zero-order chi connectivity index (χ0) is 32.6. The Hall–Kier alpha value is -5.84. The lowest BCUT2D eigenvalue weighted by Gasteiger charge is -2.13. The maximum atomic E-state index is 14.4. The van der Waals surface area contributed by atoms with E-state index >= 15 is 0 Å². The molecule has 0 bridgehead atoms. The van der Waals surface area contributed by atoms with E-state index in [2.05, 4.69) is 15.6 Å². The third kappa shape index (κ3) is 7.62. The quantitative estimate of drug-likeness (QED) is 0.144. The van der Waals surface area contributed by atoms with Gasteiger partial charge in [-0.05, 0) is 83.8 Å². The number of hydrogen-bond donors (Lipinski definition) is 3. The first-order valence-corrected chi connectivity index (χ1v) is 14.6. The van der Waals surface area contributed by atoms with Crippen LogP contribution < -0.4 is 10.1 Å². The number of nitrogens with zero attached hydrogens (tertiary/aromatic N) is 3. The summed E-state index contributed by atoms with van der Waals surface area (Å²) in [5, 5.41) is 30.2. The SMILES string of the molecule is CCCNC(=O)c1cc(-c2cccc(C[C@H](C(=O)O)n3cc(COc4ccc(C(=O)c5ccc(O)cc5)cc4)nn3)c2)ccc1F. The van der Waals surface area contributed by atoms with E-state index in [-0.39, 0.29) is 30.1 Å². The Balaban J connectivity index is 1.24. The number of aromatic nitrogens is 3. The lowest BCUT2D eigenvalue weighted by molar-refractivity contribution is -0.141. The molecule has 5 aromatic rings. The van der Waals surface area contributed by atoms with Crippen molar-refractivity contribution in [2.45, 2.75) is 32.4 Å². The summed E-state index contributed by atoms with van der Waals surface area (Å²) in [5.74, 6) is -1.86. The predicted octanol–water partition coefficient (Wildman–Crippen LogP) is 5.61. The van der Waals surface area contributed by atoms with E-state index in [1.54, 1.807) is 66.7 Å². The number of carbonyl (C=O) groups excluding carboxylic acids is 2. The molecule has 0 saturated carbocycles. The van der Waals surface area contributed by atoms with Crippen molar-refractivity contribution in [2.75, 3.05) is 6.54 Å². The Morgan fingerprint density at radius 2 is 1.63 bits per heavy atom. The molecule has 1 amide bonds. The third-order valence-corrected chi connectivity index (χ3v) is 7.23. The minimum Gasteiger partial charge on any atom is -0.508 e. The standard InChI is InChI=1S/C35H31FN4O6/c1-2-16-37-34(43)30-19-26(10-15-31(30)36)25-5-3-4-22(17-25)18-32(35(44)45)40-20-27(38-39-40)21-46-29-13-8-24(9-14-29)33(42)23-6-11-28(41)12-7-23/h3-15,17,19-20,32,41H,2,16,18,21H2,1H3,(H,37,43)(H,44,45)/t32-/m1/s1. The van der Waals surface area contributed by atoms with Crippen molar-refractivity contribution in [2.24, 2.45) is 0 Å². The van der Waals surface area contributed by atoms with Crippen molar-refractivity contribution in [1.29, 1.82) is 0 Å². The molecule has 0 spiro atoms. The minimum atomic E-state index is -1.10. The first-order valence-electron chi connectivity index (χ1n) is 14.6. The van der Waals surface area contributed by atoms with Gasteiger partial charge in [0.25, 0.3) is 5.91 Å². The van der Waals surface area contributed by atoms with Crippen LogP contribution in [-0.4, -0.2) is 49.4 Å². The highest BCUT2D eigenvalue weighted by molar-refractivity contribution is 6.09. The number of ketones is 1. The molecule has 234 valence electrons. The smallest absolute Gasteiger partial charge is 0.328 e. The molecule has 0 aliphatic rings. The Morgan fingerprint density at radius 3 is 2.33 bits per heavy atom. The van der Waals surface area contributed by atoms with Crippen LogP contribution >= 0.6 is 0 Å². The maximum Gasteiger partial charge on any atom is 0.328 e. The molecule has 1 heterocycles. The molecule has 0 aliphatic carbocycles. The molecule has 10 nitrogen and oxygen atoms in total. The number of phenolic OH excluding ortho intramolecular Hbond substituents is 1. The number of benzene rings is 4. The molecule has 46 heavy (non-hydrogen) atoms. The largest absolute Gasteiger partial charge is 0.508 e. The second kappa shape index (κ2) is 14.3. The van der Waals surface area contributed by atoms with Crippen LogP contribution in [0.4, 0.5) is 4.39 Å². The molecular weight excluding hydrogens is 591 g/mol. The zero-order valence-electron chi connectivity index (χ0n) is 24.9. The first-order chi connectivity index (χ1) is 22.2. The molecule has 4 aromatic carbocycles. The molecule has 0 unspecified atom stereocenters. The Labute approximate surface area is 264 Å². The van der Waals surface area contributed by atoms with E-state index in [4.69, 9.17) is 4.74 Å². The fourth-order valence-electron chi connectivity index (χ4n) is 4.78. The van der Waals surface area contributed by atoms with Crippen LogP contribution in [0.3, 0.4) is 0 Å². The van der Waals surface area contributed by atoms with E-state index in [1.165, 1.54) is 35.1 Å². The van der Waals surface area contributed by atoms with Gasteiger partial charge in [0.2, 0.25) is 0 Å². The van der Waals surface area contributed by atoms with Crippen molar-refractivity contribution >= 4 is 17.7 Å². The van der Waals surface area contributed by atoms with Crippen molar-refractivity contribution in [3.05, 3.63) is 131 Å². The normalized spacial score (nSPS) is 11.5. The molecule has 1 atom stereocenters. The number of halogens is 1. The number of phenols is 1. The number of ether oxygens (including phenoxy) is 1. The molecular formula is C35H31FN4O6. The van der Waals surface area contributed by atoms with Crippen LogP contribution in [-0.2, 0) is 17.8 Å². The monoisotopic (exact) mass is 622 g/mol. The number of hydrogen-bond acceptors (Lipinski definition) is 7. The molecule has 0 fully saturated rings. The average molecular weight is 623 g/mol. The summed E-state index contributed by atoms with van der Waals surface area (Å²) in [7, 11) is 0. The number of aromatic hydroxyl groups is 1. The number of carboxylic acid groups (broad SMARTS) is 1.